The number of aliphatic imine (C=N–C) groups is 1. The molecule has 3 aromatic rings. The molecule has 2 aliphatic rings. The van der Waals surface area contributed by atoms with Crippen molar-refractivity contribution in [2.45, 2.75) is 105 Å². The number of fused-ring (bicyclic) bond motifs is 5. The Morgan fingerprint density at radius 3 is 2.14 bits per heavy atom. The van der Waals surface area contributed by atoms with Crippen molar-refractivity contribution in [1.82, 2.24) is 19.7 Å². The lowest BCUT2D eigenvalue weighted by molar-refractivity contribution is 0.401. The van der Waals surface area contributed by atoms with Crippen LogP contribution in [0.5, 0.6) is 0 Å². The van der Waals surface area contributed by atoms with Gasteiger partial charge in [0, 0.05) is 34.1 Å². The molecule has 242 valence electrons. The molecule has 0 aliphatic carbocycles. The number of benzene rings is 1. The van der Waals surface area contributed by atoms with Crippen LogP contribution in [0.25, 0.3) is 5.00 Å². The summed E-state index contributed by atoms with van der Waals surface area (Å²) in [6.07, 6.45) is 11.0. The molecular formula is C35H53ClN6S2. The fourth-order valence-corrected chi connectivity index (χ4v) is 16.1. The molecule has 2 aromatic heterocycles. The Labute approximate surface area is 274 Å². The van der Waals surface area contributed by atoms with Crippen molar-refractivity contribution in [3.63, 3.8) is 0 Å². The standard InChI is InChI=1S/C35H53ClN6S2/c1-6-10-20-44(21-11-7-2,22-12-8-3,23-13-9-4)35(37)41-19-18-28-30(25-41)43-34-32(28)33(27-16-14-15-17-29(27)36)38-24-31-40-39-26(5)42(31)34/h14-17H,6-13,18-25,37H2,1-5H3. The van der Waals surface area contributed by atoms with E-state index in [9.17, 15) is 0 Å². The fraction of sp³-hybridized carbons (Fsp3) is 0.600. The van der Waals surface area contributed by atoms with Crippen LogP contribution in [0.1, 0.15) is 112 Å². The summed E-state index contributed by atoms with van der Waals surface area (Å²) < 4.78 is 2.23. The van der Waals surface area contributed by atoms with Crippen molar-refractivity contribution >= 4 is 42.5 Å². The molecule has 1 aromatic carbocycles. The van der Waals surface area contributed by atoms with Crippen molar-refractivity contribution in [2.24, 2.45) is 10.7 Å². The molecule has 9 heteroatoms. The van der Waals surface area contributed by atoms with E-state index in [1.165, 1.54) is 100 Å². The van der Waals surface area contributed by atoms with Crippen LogP contribution >= 0.6 is 31.7 Å². The van der Waals surface area contributed by atoms with E-state index in [0.717, 1.165) is 47.5 Å². The topological polar surface area (TPSA) is 72.3 Å². The van der Waals surface area contributed by atoms with Crippen molar-refractivity contribution < 1.29 is 0 Å². The van der Waals surface area contributed by atoms with Gasteiger partial charge in [0.15, 0.2) is 5.82 Å². The molecule has 0 amide bonds. The summed E-state index contributed by atoms with van der Waals surface area (Å²) in [4.78, 5) is 9.17. The Hall–Kier alpha value is -1.84. The third kappa shape index (κ3) is 6.14. The van der Waals surface area contributed by atoms with Gasteiger partial charge in [-0.25, -0.2) is 8.75 Å². The number of nitrogens with two attached hydrogens (primary N) is 1. The summed E-state index contributed by atoms with van der Waals surface area (Å²) in [5.74, 6) is 6.99. The second-order valence-electron chi connectivity index (χ2n) is 12.9. The van der Waals surface area contributed by atoms with Crippen LogP contribution in [0.3, 0.4) is 0 Å². The number of hydrogen-bond donors (Lipinski definition) is 1. The van der Waals surface area contributed by atoms with Crippen LogP contribution in [-0.4, -0.2) is 60.0 Å². The van der Waals surface area contributed by atoms with Gasteiger partial charge in [-0.05, 0) is 73.7 Å². The quantitative estimate of drug-likeness (QED) is 0.187. The molecule has 6 nitrogen and oxygen atoms in total. The minimum atomic E-state index is -2.01. The van der Waals surface area contributed by atoms with Gasteiger partial charge in [0.25, 0.3) is 0 Å². The highest BCUT2D eigenvalue weighted by Gasteiger charge is 2.39. The van der Waals surface area contributed by atoms with Crippen LogP contribution in [0.15, 0.2) is 29.3 Å². The lowest BCUT2D eigenvalue weighted by atomic mass is 9.95. The molecule has 4 heterocycles. The largest absolute Gasteiger partial charge is 0.289 e. The van der Waals surface area contributed by atoms with Gasteiger partial charge in [0.2, 0.25) is 0 Å². The van der Waals surface area contributed by atoms with Crippen molar-refractivity contribution in [3.8, 4) is 5.00 Å². The molecule has 0 radical (unpaired) electrons. The van der Waals surface area contributed by atoms with Crippen molar-refractivity contribution in [1.29, 1.82) is 0 Å². The van der Waals surface area contributed by atoms with Crippen LogP contribution in [-0.2, 0) is 19.5 Å². The second-order valence-corrected chi connectivity index (χ2v) is 20.0. The summed E-state index contributed by atoms with van der Waals surface area (Å²) in [5.41, 5.74) is 12.3. The summed E-state index contributed by atoms with van der Waals surface area (Å²) in [6, 6.07) is 8.10. The zero-order valence-corrected chi connectivity index (χ0v) is 30.0. The lowest BCUT2D eigenvalue weighted by Crippen LogP contribution is -2.48. The fourth-order valence-electron chi connectivity index (χ4n) is 7.34. The predicted molar refractivity (Wildman–Crippen MR) is 195 cm³/mol. The van der Waals surface area contributed by atoms with Gasteiger partial charge in [-0.15, -0.1) is 21.5 Å². The van der Waals surface area contributed by atoms with Crippen molar-refractivity contribution in [3.05, 3.63) is 62.5 Å². The van der Waals surface area contributed by atoms with Gasteiger partial charge in [-0.2, -0.15) is 0 Å². The third-order valence-corrected chi connectivity index (χ3v) is 18.3. The normalized spacial score (nSPS) is 16.0. The van der Waals surface area contributed by atoms with Crippen molar-refractivity contribution in [2.75, 3.05) is 29.6 Å². The highest BCUT2D eigenvalue weighted by Crippen LogP contribution is 2.63. The monoisotopic (exact) mass is 656 g/mol. The summed E-state index contributed by atoms with van der Waals surface area (Å²) in [5, 5.41) is 12.2. The van der Waals surface area contributed by atoms with E-state index in [1.54, 1.807) is 0 Å². The molecule has 0 fully saturated rings. The number of unbranched alkanes of at least 4 members (excludes halogenated alkanes) is 4. The highest BCUT2D eigenvalue weighted by atomic mass is 35.5. The molecule has 0 atom stereocenters. The molecule has 2 N–H and O–H groups in total. The van der Waals surface area contributed by atoms with E-state index in [1.807, 2.05) is 30.4 Å². The van der Waals surface area contributed by atoms with Crippen LogP contribution in [0, 0.1) is 6.92 Å². The summed E-state index contributed by atoms with van der Waals surface area (Å²) in [6.45, 7) is 13.8. The predicted octanol–water partition coefficient (Wildman–Crippen LogP) is 8.59. The van der Waals surface area contributed by atoms with Gasteiger partial charge in [-0.1, -0.05) is 83.2 Å². The zero-order chi connectivity index (χ0) is 31.3. The molecule has 2 aliphatic heterocycles. The Bertz CT molecular complexity index is 1510. The Balaban J connectivity index is 1.67. The van der Waals surface area contributed by atoms with E-state index < -0.39 is 8.75 Å². The maximum absolute atomic E-state index is 7.68. The minimum Gasteiger partial charge on any atom is -0.289 e. The zero-order valence-electron chi connectivity index (χ0n) is 27.6. The van der Waals surface area contributed by atoms with Crippen LogP contribution in [0.2, 0.25) is 5.02 Å². The molecule has 0 bridgehead atoms. The average Bonchev–Trinajstić information content (AvgIpc) is 3.55. The first-order valence-corrected chi connectivity index (χ1v) is 20.8. The van der Waals surface area contributed by atoms with E-state index in [0.29, 0.717) is 6.54 Å². The molecule has 0 saturated heterocycles. The van der Waals surface area contributed by atoms with E-state index in [4.69, 9.17) is 22.3 Å². The smallest absolute Gasteiger partial charge is 0.160 e. The number of hydrogen-bond acceptors (Lipinski definition) is 4. The molecule has 0 saturated carbocycles. The molecule has 0 unspecified atom stereocenters. The first-order valence-electron chi connectivity index (χ1n) is 16.9. The number of aryl methyl sites for hydroxylation is 1. The second kappa shape index (κ2) is 14.3. The number of nitrogens with zero attached hydrogens (tertiary/aromatic N) is 5. The molecular weight excluding hydrogens is 604 g/mol. The van der Waals surface area contributed by atoms with Gasteiger partial charge in [-0.3, -0.25) is 20.2 Å². The Kier molecular flexibility index (Phi) is 10.9. The molecule has 44 heavy (non-hydrogen) atoms. The first-order chi connectivity index (χ1) is 21.3. The Morgan fingerprint density at radius 1 is 0.932 bits per heavy atom. The number of rotatable bonds is 13. The average molecular weight is 657 g/mol. The maximum atomic E-state index is 7.68. The number of halogens is 1. The van der Waals surface area contributed by atoms with Crippen LogP contribution < -0.4 is 5.73 Å². The van der Waals surface area contributed by atoms with Gasteiger partial charge >= 0.3 is 0 Å². The van der Waals surface area contributed by atoms with E-state index in [2.05, 4.69) is 59.5 Å². The third-order valence-electron chi connectivity index (χ3n) is 9.91. The maximum Gasteiger partial charge on any atom is 0.160 e. The molecule has 0 spiro atoms. The summed E-state index contributed by atoms with van der Waals surface area (Å²) >= 11 is 8.68. The SMILES string of the molecule is CCCCS(CCCC)(CCCC)(CCCC)=C(N)N1CCc2c(sc3c2C(c2ccccc2Cl)=NCc2nnc(C)n2-3)C1. The number of aromatic nitrogens is 3. The van der Waals surface area contributed by atoms with Gasteiger partial charge in [0.05, 0.1) is 10.8 Å². The molecule has 5 rings (SSSR count). The summed E-state index contributed by atoms with van der Waals surface area (Å²) in [7, 11) is -2.01. The number of thiophene rings is 1. The van der Waals surface area contributed by atoms with E-state index >= 15 is 0 Å². The highest BCUT2D eigenvalue weighted by molar-refractivity contribution is 8.47. The van der Waals surface area contributed by atoms with Gasteiger partial charge < -0.3 is 0 Å². The first kappa shape index (κ1) is 33.5. The Morgan fingerprint density at radius 2 is 1.55 bits per heavy atom. The van der Waals surface area contributed by atoms with Gasteiger partial charge in [0.1, 0.15) is 17.4 Å². The minimum absolute atomic E-state index is 0.488. The van der Waals surface area contributed by atoms with Crippen LogP contribution in [0.4, 0.5) is 0 Å². The van der Waals surface area contributed by atoms with E-state index in [-0.39, 0.29) is 0 Å². The lowest BCUT2D eigenvalue weighted by Gasteiger charge is -2.55.